The molecule has 0 radical (unpaired) electrons. The van der Waals surface area contributed by atoms with Crippen molar-refractivity contribution in [3.05, 3.63) is 22.9 Å². The lowest BCUT2D eigenvalue weighted by Gasteiger charge is -2.13. The summed E-state index contributed by atoms with van der Waals surface area (Å²) in [4.78, 5) is 2.84. The molecule has 0 amide bonds. The summed E-state index contributed by atoms with van der Waals surface area (Å²) in [6.07, 6.45) is -7.88. The van der Waals surface area contributed by atoms with Crippen LogP contribution >= 0.6 is 0 Å². The van der Waals surface area contributed by atoms with Gasteiger partial charge < -0.3 is 10.8 Å². The summed E-state index contributed by atoms with van der Waals surface area (Å²) >= 11 is 0. The maximum Gasteiger partial charge on any atom is 0.433 e. The Bertz CT molecular complexity index is 391. The molecule has 0 atom stereocenters. The van der Waals surface area contributed by atoms with Gasteiger partial charge in [0.1, 0.15) is 11.5 Å². The van der Waals surface area contributed by atoms with Crippen LogP contribution in [0.1, 0.15) is 23.2 Å². The van der Waals surface area contributed by atoms with Crippen LogP contribution in [-0.2, 0) is 12.8 Å². The van der Waals surface area contributed by atoms with Crippen molar-refractivity contribution >= 4 is 5.82 Å². The number of hydrogen-bond donors (Lipinski definition) is 2. The van der Waals surface area contributed by atoms with Gasteiger partial charge in [0.15, 0.2) is 0 Å². The smallest absolute Gasteiger partial charge is 0.392 e. The molecular formula is C8H7F5N2O. The van der Waals surface area contributed by atoms with Crippen LogP contribution in [0.3, 0.4) is 0 Å². The van der Waals surface area contributed by atoms with Crippen LogP contribution in [0.25, 0.3) is 0 Å². The van der Waals surface area contributed by atoms with Crippen LogP contribution in [0.5, 0.6) is 0 Å². The van der Waals surface area contributed by atoms with E-state index in [-0.39, 0.29) is 0 Å². The summed E-state index contributed by atoms with van der Waals surface area (Å²) in [6, 6.07) is 0.359. The van der Waals surface area contributed by atoms with E-state index < -0.39 is 41.8 Å². The lowest BCUT2D eigenvalue weighted by molar-refractivity contribution is -0.141. The van der Waals surface area contributed by atoms with Gasteiger partial charge in [-0.05, 0) is 11.6 Å². The molecular weight excluding hydrogens is 235 g/mol. The summed E-state index contributed by atoms with van der Waals surface area (Å²) in [5.41, 5.74) is 2.15. The number of rotatable bonds is 2. The Morgan fingerprint density at radius 2 is 1.94 bits per heavy atom. The zero-order valence-electron chi connectivity index (χ0n) is 7.72. The largest absolute Gasteiger partial charge is 0.433 e. The van der Waals surface area contributed by atoms with Crippen molar-refractivity contribution in [1.29, 1.82) is 0 Å². The molecule has 0 aliphatic carbocycles. The maximum atomic E-state index is 12.4. The summed E-state index contributed by atoms with van der Waals surface area (Å²) in [5, 5.41) is 8.70. The zero-order chi connectivity index (χ0) is 12.5. The van der Waals surface area contributed by atoms with E-state index in [1.807, 2.05) is 0 Å². The molecule has 0 aromatic carbocycles. The molecule has 0 fully saturated rings. The molecule has 3 N–H and O–H groups in total. The molecule has 1 aromatic rings. The van der Waals surface area contributed by atoms with Crippen molar-refractivity contribution in [3.8, 4) is 0 Å². The number of nitrogen functional groups attached to an aromatic ring is 1. The standard InChI is InChI=1S/C8H7F5N2O/c9-6(10)5-3(2-16)1-4(8(11,12)13)15-7(5)14/h1,6,16H,2H2,(H2,14,15). The van der Waals surface area contributed by atoms with E-state index in [1.165, 1.54) is 0 Å². The maximum absolute atomic E-state index is 12.4. The first kappa shape index (κ1) is 12.6. The molecule has 0 aliphatic heterocycles. The van der Waals surface area contributed by atoms with Crippen molar-refractivity contribution in [1.82, 2.24) is 4.98 Å². The topological polar surface area (TPSA) is 59.1 Å². The van der Waals surface area contributed by atoms with Gasteiger partial charge in [0.2, 0.25) is 0 Å². The fourth-order valence-corrected chi connectivity index (χ4v) is 1.16. The van der Waals surface area contributed by atoms with E-state index in [0.29, 0.717) is 6.07 Å². The molecule has 1 heterocycles. The highest BCUT2D eigenvalue weighted by atomic mass is 19.4. The van der Waals surface area contributed by atoms with Gasteiger partial charge in [0.05, 0.1) is 12.2 Å². The Balaban J connectivity index is 3.38. The first-order valence-corrected chi connectivity index (χ1v) is 4.03. The molecule has 0 bridgehead atoms. The monoisotopic (exact) mass is 242 g/mol. The third-order valence-corrected chi connectivity index (χ3v) is 1.85. The van der Waals surface area contributed by atoms with Gasteiger partial charge in [-0.25, -0.2) is 13.8 Å². The number of nitrogens with zero attached hydrogens (tertiary/aromatic N) is 1. The predicted molar refractivity (Wildman–Crippen MR) is 44.5 cm³/mol. The molecule has 0 saturated heterocycles. The molecule has 3 nitrogen and oxygen atoms in total. The Labute approximate surface area is 86.7 Å². The molecule has 0 saturated carbocycles. The second-order valence-electron chi connectivity index (χ2n) is 2.92. The van der Waals surface area contributed by atoms with Crippen molar-refractivity contribution in [2.45, 2.75) is 19.2 Å². The molecule has 1 rings (SSSR count). The summed E-state index contributed by atoms with van der Waals surface area (Å²) < 4.78 is 61.5. The fraction of sp³-hybridized carbons (Fsp3) is 0.375. The molecule has 90 valence electrons. The fourth-order valence-electron chi connectivity index (χ4n) is 1.16. The normalized spacial score (nSPS) is 12.2. The Morgan fingerprint density at radius 1 is 1.38 bits per heavy atom. The quantitative estimate of drug-likeness (QED) is 0.781. The van der Waals surface area contributed by atoms with E-state index >= 15 is 0 Å². The number of aromatic nitrogens is 1. The molecule has 0 aliphatic rings. The minimum Gasteiger partial charge on any atom is -0.392 e. The van der Waals surface area contributed by atoms with Crippen molar-refractivity contribution < 1.29 is 27.1 Å². The van der Waals surface area contributed by atoms with Gasteiger partial charge in [0.25, 0.3) is 6.43 Å². The predicted octanol–water partition coefficient (Wildman–Crippen LogP) is 2.11. The van der Waals surface area contributed by atoms with E-state index in [2.05, 4.69) is 4.98 Å². The average Bonchev–Trinajstić information content (AvgIpc) is 2.14. The number of halogens is 5. The average molecular weight is 242 g/mol. The van der Waals surface area contributed by atoms with Crippen molar-refractivity contribution in [2.24, 2.45) is 0 Å². The first-order valence-electron chi connectivity index (χ1n) is 4.03. The minimum atomic E-state index is -4.79. The number of pyridine rings is 1. The Morgan fingerprint density at radius 3 is 2.31 bits per heavy atom. The third kappa shape index (κ3) is 2.38. The minimum absolute atomic E-state index is 0.359. The SMILES string of the molecule is Nc1nc(C(F)(F)F)cc(CO)c1C(F)F. The van der Waals surface area contributed by atoms with Gasteiger partial charge >= 0.3 is 6.18 Å². The van der Waals surface area contributed by atoms with Gasteiger partial charge in [-0.15, -0.1) is 0 Å². The van der Waals surface area contributed by atoms with Crippen LogP contribution in [0.2, 0.25) is 0 Å². The molecule has 8 heteroatoms. The second kappa shape index (κ2) is 4.20. The number of hydrogen-bond acceptors (Lipinski definition) is 3. The second-order valence-corrected chi connectivity index (χ2v) is 2.92. The Hall–Kier alpha value is -1.44. The number of aliphatic hydroxyl groups excluding tert-OH is 1. The Kier molecular flexibility index (Phi) is 3.32. The number of aliphatic hydroxyl groups is 1. The van der Waals surface area contributed by atoms with Gasteiger partial charge in [0, 0.05) is 0 Å². The lowest BCUT2D eigenvalue weighted by Crippen LogP contribution is -2.13. The molecule has 16 heavy (non-hydrogen) atoms. The number of anilines is 1. The summed E-state index contributed by atoms with van der Waals surface area (Å²) in [5.74, 6) is -0.922. The zero-order valence-corrected chi connectivity index (χ0v) is 7.72. The number of nitrogens with two attached hydrogens (primary N) is 1. The summed E-state index contributed by atoms with van der Waals surface area (Å²) in [6.45, 7) is -0.963. The van der Waals surface area contributed by atoms with Crippen molar-refractivity contribution in [2.75, 3.05) is 5.73 Å². The summed E-state index contributed by atoms with van der Waals surface area (Å²) in [7, 11) is 0. The number of alkyl halides is 5. The highest BCUT2D eigenvalue weighted by Crippen LogP contribution is 2.34. The van der Waals surface area contributed by atoms with E-state index in [4.69, 9.17) is 10.8 Å². The van der Waals surface area contributed by atoms with Crippen molar-refractivity contribution in [3.63, 3.8) is 0 Å². The van der Waals surface area contributed by atoms with Crippen LogP contribution in [0.4, 0.5) is 27.8 Å². The van der Waals surface area contributed by atoms with Crippen LogP contribution in [0.15, 0.2) is 6.07 Å². The van der Waals surface area contributed by atoms with Crippen LogP contribution in [-0.4, -0.2) is 10.1 Å². The van der Waals surface area contributed by atoms with E-state index in [1.54, 1.807) is 0 Å². The third-order valence-electron chi connectivity index (χ3n) is 1.85. The van der Waals surface area contributed by atoms with Gasteiger partial charge in [-0.1, -0.05) is 0 Å². The highest BCUT2D eigenvalue weighted by Gasteiger charge is 2.34. The van der Waals surface area contributed by atoms with Crippen LogP contribution < -0.4 is 5.73 Å². The molecule has 0 spiro atoms. The highest BCUT2D eigenvalue weighted by molar-refractivity contribution is 5.47. The van der Waals surface area contributed by atoms with E-state index in [9.17, 15) is 22.0 Å². The first-order chi connectivity index (χ1) is 7.27. The van der Waals surface area contributed by atoms with Gasteiger partial charge in [-0.3, -0.25) is 0 Å². The lowest BCUT2D eigenvalue weighted by atomic mass is 10.1. The van der Waals surface area contributed by atoms with Crippen LogP contribution in [0, 0.1) is 0 Å². The molecule has 1 aromatic heterocycles. The van der Waals surface area contributed by atoms with Gasteiger partial charge in [-0.2, -0.15) is 13.2 Å². The molecule has 0 unspecified atom stereocenters. The van der Waals surface area contributed by atoms with E-state index in [0.717, 1.165) is 0 Å².